The fourth-order valence-electron chi connectivity index (χ4n) is 1.65. The second-order valence-electron chi connectivity index (χ2n) is 4.45. The van der Waals surface area contributed by atoms with E-state index in [1.165, 1.54) is 0 Å². The maximum absolute atomic E-state index is 9.02. The Morgan fingerprint density at radius 1 is 1.39 bits per heavy atom. The molecule has 100 valence electrons. The Hall–Kier alpha value is -1.59. The summed E-state index contributed by atoms with van der Waals surface area (Å²) < 4.78 is 0. The van der Waals surface area contributed by atoms with Crippen molar-refractivity contribution in [3.63, 3.8) is 0 Å². The average Bonchev–Trinajstić information content (AvgIpc) is 2.43. The summed E-state index contributed by atoms with van der Waals surface area (Å²) >= 11 is 0. The third kappa shape index (κ3) is 4.73. The predicted molar refractivity (Wildman–Crippen MR) is 71.5 cm³/mol. The van der Waals surface area contributed by atoms with E-state index in [1.807, 2.05) is 37.3 Å². The lowest BCUT2D eigenvalue weighted by molar-refractivity contribution is 0.230. The number of nitrogens with two attached hydrogens (primary N) is 1. The fraction of sp³-hybridized carbons (Fsp3) is 0.462. The average molecular weight is 251 g/mol. The van der Waals surface area contributed by atoms with Crippen molar-refractivity contribution >= 4 is 5.84 Å². The first-order valence-corrected chi connectivity index (χ1v) is 6.03. The Morgan fingerprint density at radius 2 is 2.06 bits per heavy atom. The molecule has 2 atom stereocenters. The highest BCUT2D eigenvalue weighted by atomic mass is 16.4. The molecule has 2 unspecified atom stereocenters. The van der Waals surface area contributed by atoms with Gasteiger partial charge in [-0.2, -0.15) is 0 Å². The molecule has 5 heteroatoms. The number of oxime groups is 1. The molecule has 0 bridgehead atoms. The van der Waals surface area contributed by atoms with Crippen molar-refractivity contribution in [3.8, 4) is 0 Å². The second kappa shape index (κ2) is 7.68. The monoisotopic (exact) mass is 251 g/mol. The van der Waals surface area contributed by atoms with Gasteiger partial charge in [0.15, 0.2) is 0 Å². The van der Waals surface area contributed by atoms with Crippen LogP contribution in [0.1, 0.15) is 24.9 Å². The molecule has 18 heavy (non-hydrogen) atoms. The van der Waals surface area contributed by atoms with Crippen LogP contribution in [-0.4, -0.2) is 29.3 Å². The molecule has 1 rings (SSSR count). The Kier molecular flexibility index (Phi) is 6.18. The van der Waals surface area contributed by atoms with Gasteiger partial charge in [0.2, 0.25) is 0 Å². The maximum Gasteiger partial charge on any atom is 0.141 e. The molecule has 5 N–H and O–H groups in total. The van der Waals surface area contributed by atoms with Gasteiger partial charge in [0.05, 0.1) is 0 Å². The number of rotatable bonds is 7. The largest absolute Gasteiger partial charge is 0.409 e. The van der Waals surface area contributed by atoms with Crippen molar-refractivity contribution < 1.29 is 10.3 Å². The van der Waals surface area contributed by atoms with Crippen LogP contribution in [0.4, 0.5) is 0 Å². The van der Waals surface area contributed by atoms with Gasteiger partial charge in [-0.3, -0.25) is 0 Å². The van der Waals surface area contributed by atoms with Crippen molar-refractivity contribution in [1.29, 1.82) is 0 Å². The molecule has 0 radical (unpaired) electrons. The maximum atomic E-state index is 9.02. The molecule has 1 aromatic carbocycles. The first-order valence-electron chi connectivity index (χ1n) is 6.03. The number of hydrogen-bond acceptors (Lipinski definition) is 4. The number of amidine groups is 1. The molecule has 0 saturated heterocycles. The lowest BCUT2D eigenvalue weighted by Gasteiger charge is -2.20. The highest BCUT2D eigenvalue weighted by Crippen LogP contribution is 2.16. The van der Waals surface area contributed by atoms with E-state index in [0.717, 1.165) is 5.56 Å². The van der Waals surface area contributed by atoms with Crippen LogP contribution in [0.15, 0.2) is 35.5 Å². The van der Waals surface area contributed by atoms with E-state index >= 15 is 0 Å². The SMILES string of the molecule is CC(CO)CNC(CC(N)=NO)c1ccccc1. The Labute approximate surface area is 107 Å². The molecule has 0 saturated carbocycles. The van der Waals surface area contributed by atoms with E-state index in [-0.39, 0.29) is 24.4 Å². The zero-order valence-corrected chi connectivity index (χ0v) is 10.6. The molecule has 0 amide bonds. The van der Waals surface area contributed by atoms with Crippen LogP contribution in [-0.2, 0) is 0 Å². The van der Waals surface area contributed by atoms with Crippen LogP contribution in [0.3, 0.4) is 0 Å². The van der Waals surface area contributed by atoms with Gasteiger partial charge in [0.25, 0.3) is 0 Å². The lowest BCUT2D eigenvalue weighted by Crippen LogP contribution is -2.31. The van der Waals surface area contributed by atoms with Crippen molar-refractivity contribution in [1.82, 2.24) is 5.32 Å². The number of aliphatic hydroxyl groups excluding tert-OH is 1. The summed E-state index contributed by atoms with van der Waals surface area (Å²) in [6, 6.07) is 9.81. The van der Waals surface area contributed by atoms with Crippen molar-refractivity contribution in [2.45, 2.75) is 19.4 Å². The molecule has 1 aromatic rings. The topological polar surface area (TPSA) is 90.9 Å². The fourth-order valence-corrected chi connectivity index (χ4v) is 1.65. The Morgan fingerprint density at radius 3 is 2.61 bits per heavy atom. The molecule has 0 aromatic heterocycles. The highest BCUT2D eigenvalue weighted by molar-refractivity contribution is 5.80. The number of hydrogen-bond donors (Lipinski definition) is 4. The molecule has 0 heterocycles. The van der Waals surface area contributed by atoms with Crippen LogP contribution in [0, 0.1) is 5.92 Å². The van der Waals surface area contributed by atoms with Crippen molar-refractivity contribution in [2.24, 2.45) is 16.8 Å². The summed E-state index contributed by atoms with van der Waals surface area (Å²) in [4.78, 5) is 0. The van der Waals surface area contributed by atoms with Gasteiger partial charge in [0.1, 0.15) is 5.84 Å². The van der Waals surface area contributed by atoms with Crippen molar-refractivity contribution in [3.05, 3.63) is 35.9 Å². The van der Waals surface area contributed by atoms with Gasteiger partial charge < -0.3 is 21.4 Å². The molecular weight excluding hydrogens is 230 g/mol. The Bertz CT molecular complexity index is 368. The van der Waals surface area contributed by atoms with E-state index in [2.05, 4.69) is 10.5 Å². The summed E-state index contributed by atoms with van der Waals surface area (Å²) in [7, 11) is 0. The molecule has 0 fully saturated rings. The summed E-state index contributed by atoms with van der Waals surface area (Å²) in [6.07, 6.45) is 0.429. The van der Waals surface area contributed by atoms with Crippen LogP contribution < -0.4 is 11.1 Å². The van der Waals surface area contributed by atoms with Gasteiger partial charge >= 0.3 is 0 Å². The van der Waals surface area contributed by atoms with Gasteiger partial charge in [-0.25, -0.2) is 0 Å². The zero-order valence-electron chi connectivity index (χ0n) is 10.6. The summed E-state index contributed by atoms with van der Waals surface area (Å²) in [5.74, 6) is 0.358. The normalized spacial score (nSPS) is 15.3. The zero-order chi connectivity index (χ0) is 13.4. The van der Waals surface area contributed by atoms with Gasteiger partial charge in [-0.1, -0.05) is 42.4 Å². The van der Waals surface area contributed by atoms with Gasteiger partial charge in [-0.15, -0.1) is 0 Å². The van der Waals surface area contributed by atoms with Crippen LogP contribution in [0.2, 0.25) is 0 Å². The third-order valence-corrected chi connectivity index (χ3v) is 2.77. The first-order chi connectivity index (χ1) is 8.67. The molecule has 0 aliphatic rings. The molecule has 0 aliphatic carbocycles. The number of benzene rings is 1. The van der Waals surface area contributed by atoms with E-state index in [4.69, 9.17) is 16.0 Å². The molecular formula is C13H21N3O2. The minimum absolute atomic E-state index is 0.0175. The third-order valence-electron chi connectivity index (χ3n) is 2.77. The van der Waals surface area contributed by atoms with Gasteiger partial charge in [-0.05, 0) is 11.5 Å². The number of aliphatic hydroxyl groups is 1. The van der Waals surface area contributed by atoms with Gasteiger partial charge in [0, 0.05) is 25.6 Å². The summed E-state index contributed by atoms with van der Waals surface area (Å²) in [6.45, 7) is 2.77. The predicted octanol–water partition coefficient (Wildman–Crippen LogP) is 1.08. The Balaban J connectivity index is 2.69. The van der Waals surface area contributed by atoms with Crippen LogP contribution >= 0.6 is 0 Å². The first kappa shape index (κ1) is 14.5. The lowest BCUT2D eigenvalue weighted by atomic mass is 10.0. The summed E-state index contributed by atoms with van der Waals surface area (Å²) in [5, 5.41) is 24.0. The molecule has 0 aliphatic heterocycles. The second-order valence-corrected chi connectivity index (χ2v) is 4.45. The quantitative estimate of drug-likeness (QED) is 0.253. The van der Waals surface area contributed by atoms with Crippen LogP contribution in [0.5, 0.6) is 0 Å². The molecule has 0 spiro atoms. The van der Waals surface area contributed by atoms with E-state index in [1.54, 1.807) is 0 Å². The minimum Gasteiger partial charge on any atom is -0.409 e. The number of nitrogens with one attached hydrogen (secondary N) is 1. The standard InChI is InChI=1S/C13H21N3O2/c1-10(9-17)8-15-12(7-13(14)16-18)11-5-3-2-4-6-11/h2-6,10,12,15,17-18H,7-9H2,1H3,(H2,14,16). The van der Waals surface area contributed by atoms with Crippen molar-refractivity contribution in [2.75, 3.05) is 13.2 Å². The van der Waals surface area contributed by atoms with E-state index < -0.39 is 0 Å². The van der Waals surface area contributed by atoms with Crippen LogP contribution in [0.25, 0.3) is 0 Å². The van der Waals surface area contributed by atoms with E-state index in [0.29, 0.717) is 13.0 Å². The highest BCUT2D eigenvalue weighted by Gasteiger charge is 2.14. The molecule has 5 nitrogen and oxygen atoms in total. The minimum atomic E-state index is -0.0175. The van der Waals surface area contributed by atoms with E-state index in [9.17, 15) is 0 Å². The smallest absolute Gasteiger partial charge is 0.141 e. The summed E-state index contributed by atoms with van der Waals surface area (Å²) in [5.41, 5.74) is 6.64. The number of nitrogens with zero attached hydrogens (tertiary/aromatic N) is 1.